The van der Waals surface area contributed by atoms with Crippen LogP contribution in [0.1, 0.15) is 12.1 Å². The van der Waals surface area contributed by atoms with E-state index in [-0.39, 0.29) is 0 Å². The largest absolute Gasteiger partial charge is 0.481 e. The number of nitrogens with one attached hydrogen (secondary N) is 1. The molecule has 2 heterocycles. The fourth-order valence-electron chi connectivity index (χ4n) is 1.52. The summed E-state index contributed by atoms with van der Waals surface area (Å²) >= 11 is 0. The van der Waals surface area contributed by atoms with Crippen molar-refractivity contribution in [3.05, 3.63) is 24.2 Å². The molecule has 0 bridgehead atoms. The van der Waals surface area contributed by atoms with Gasteiger partial charge in [0.1, 0.15) is 0 Å². The van der Waals surface area contributed by atoms with Gasteiger partial charge in [0.25, 0.3) is 0 Å². The molecule has 0 aliphatic heterocycles. The highest BCUT2D eigenvalue weighted by Crippen LogP contribution is 2.10. The van der Waals surface area contributed by atoms with Gasteiger partial charge in [-0.25, -0.2) is 4.98 Å². The summed E-state index contributed by atoms with van der Waals surface area (Å²) in [6, 6.07) is 1.79. The molecule has 7 nitrogen and oxygen atoms in total. The third kappa shape index (κ3) is 3.41. The summed E-state index contributed by atoms with van der Waals surface area (Å²) in [6.07, 6.45) is 4.43. The minimum Gasteiger partial charge on any atom is -0.481 e. The molecule has 2 aromatic rings. The highest BCUT2D eigenvalue weighted by atomic mass is 16.5. The van der Waals surface area contributed by atoms with Crippen molar-refractivity contribution >= 4 is 5.95 Å². The topological polar surface area (TPSA) is 77.8 Å². The van der Waals surface area contributed by atoms with Gasteiger partial charge in [-0.15, -0.1) is 5.10 Å². The molecule has 0 saturated carbocycles. The normalized spacial score (nSPS) is 10.3. The first-order valence-corrected chi connectivity index (χ1v) is 5.75. The lowest BCUT2D eigenvalue weighted by Gasteiger charge is -2.07. The standard InChI is InChI=1S/C11H16N6O/c1-9-8-10(18-2)15-11(14-9)12-4-3-6-17-7-5-13-16-17/h5,7-8H,3-4,6H2,1-2H3,(H,12,14,15). The molecule has 0 spiro atoms. The van der Waals surface area contributed by atoms with E-state index in [9.17, 15) is 0 Å². The molecule has 0 aromatic carbocycles. The molecule has 0 fully saturated rings. The van der Waals surface area contributed by atoms with Gasteiger partial charge >= 0.3 is 0 Å². The zero-order valence-electron chi connectivity index (χ0n) is 10.5. The number of methoxy groups -OCH3 is 1. The smallest absolute Gasteiger partial charge is 0.226 e. The average Bonchev–Trinajstić information content (AvgIpc) is 2.87. The van der Waals surface area contributed by atoms with Crippen molar-refractivity contribution in [3.8, 4) is 5.88 Å². The predicted octanol–water partition coefficient (Wildman–Crippen LogP) is 0.887. The van der Waals surface area contributed by atoms with Crippen LogP contribution >= 0.6 is 0 Å². The van der Waals surface area contributed by atoms with Crippen molar-refractivity contribution in [1.29, 1.82) is 0 Å². The van der Waals surface area contributed by atoms with Gasteiger partial charge in [0.2, 0.25) is 11.8 Å². The summed E-state index contributed by atoms with van der Waals surface area (Å²) in [4.78, 5) is 8.49. The second-order valence-electron chi connectivity index (χ2n) is 3.82. The first kappa shape index (κ1) is 12.3. The Balaban J connectivity index is 1.81. The van der Waals surface area contributed by atoms with E-state index in [4.69, 9.17) is 4.74 Å². The third-order valence-corrected chi connectivity index (χ3v) is 2.36. The van der Waals surface area contributed by atoms with Crippen molar-refractivity contribution in [2.45, 2.75) is 19.9 Å². The number of anilines is 1. The van der Waals surface area contributed by atoms with Gasteiger partial charge < -0.3 is 10.1 Å². The number of hydrogen-bond acceptors (Lipinski definition) is 6. The molecular weight excluding hydrogens is 232 g/mol. The Morgan fingerprint density at radius 3 is 3.00 bits per heavy atom. The molecule has 0 unspecified atom stereocenters. The minimum absolute atomic E-state index is 0.571. The fraction of sp³-hybridized carbons (Fsp3) is 0.455. The van der Waals surface area contributed by atoms with Crippen molar-refractivity contribution in [2.24, 2.45) is 0 Å². The Labute approximate surface area is 105 Å². The first-order valence-electron chi connectivity index (χ1n) is 5.75. The molecule has 1 N–H and O–H groups in total. The lowest BCUT2D eigenvalue weighted by atomic mass is 10.4. The predicted molar refractivity (Wildman–Crippen MR) is 66.4 cm³/mol. The van der Waals surface area contributed by atoms with E-state index in [1.165, 1.54) is 0 Å². The molecular formula is C11H16N6O. The number of rotatable bonds is 6. The summed E-state index contributed by atoms with van der Waals surface area (Å²) < 4.78 is 6.88. The number of aromatic nitrogens is 5. The third-order valence-electron chi connectivity index (χ3n) is 2.36. The summed E-state index contributed by atoms with van der Waals surface area (Å²) in [5, 5.41) is 10.8. The summed E-state index contributed by atoms with van der Waals surface area (Å²) in [5.74, 6) is 1.16. The van der Waals surface area contributed by atoms with Crippen molar-refractivity contribution in [3.63, 3.8) is 0 Å². The Morgan fingerprint density at radius 2 is 2.28 bits per heavy atom. The van der Waals surface area contributed by atoms with Gasteiger partial charge in [-0.3, -0.25) is 4.68 Å². The maximum absolute atomic E-state index is 5.09. The van der Waals surface area contributed by atoms with E-state index in [1.807, 2.05) is 13.1 Å². The zero-order chi connectivity index (χ0) is 12.8. The zero-order valence-corrected chi connectivity index (χ0v) is 10.5. The Morgan fingerprint density at radius 1 is 1.39 bits per heavy atom. The first-order chi connectivity index (χ1) is 8.78. The van der Waals surface area contributed by atoms with Crippen LogP contribution in [-0.2, 0) is 6.54 Å². The van der Waals surface area contributed by atoms with E-state index in [2.05, 4.69) is 25.6 Å². The Bertz CT molecular complexity index is 484. The molecule has 0 saturated heterocycles. The molecule has 0 atom stereocenters. The lowest BCUT2D eigenvalue weighted by Crippen LogP contribution is -2.10. The van der Waals surface area contributed by atoms with Gasteiger partial charge in [0.15, 0.2) is 0 Å². The van der Waals surface area contributed by atoms with Crippen molar-refractivity contribution in [2.75, 3.05) is 19.0 Å². The average molecular weight is 248 g/mol. The number of aryl methyl sites for hydroxylation is 2. The van der Waals surface area contributed by atoms with Crippen LogP contribution in [-0.4, -0.2) is 38.6 Å². The van der Waals surface area contributed by atoms with Crippen molar-refractivity contribution < 1.29 is 4.74 Å². The van der Waals surface area contributed by atoms with Gasteiger partial charge in [-0.1, -0.05) is 5.21 Å². The Hall–Kier alpha value is -2.18. The maximum Gasteiger partial charge on any atom is 0.226 e. The molecule has 0 aliphatic carbocycles. The van der Waals surface area contributed by atoms with Crippen LogP contribution in [0.4, 0.5) is 5.95 Å². The SMILES string of the molecule is COc1cc(C)nc(NCCCn2ccnn2)n1. The summed E-state index contributed by atoms with van der Waals surface area (Å²) in [7, 11) is 1.59. The van der Waals surface area contributed by atoms with Crippen LogP contribution in [0.25, 0.3) is 0 Å². The summed E-state index contributed by atoms with van der Waals surface area (Å²) in [6.45, 7) is 3.49. The van der Waals surface area contributed by atoms with E-state index in [0.717, 1.165) is 25.2 Å². The van der Waals surface area contributed by atoms with Crippen LogP contribution in [0.3, 0.4) is 0 Å². The molecule has 2 rings (SSSR count). The second kappa shape index (κ2) is 5.95. The van der Waals surface area contributed by atoms with Gasteiger partial charge in [-0.05, 0) is 13.3 Å². The highest BCUT2D eigenvalue weighted by Gasteiger charge is 2.01. The quantitative estimate of drug-likeness (QED) is 0.765. The molecule has 2 aromatic heterocycles. The molecule has 0 aliphatic rings. The minimum atomic E-state index is 0.571. The van der Waals surface area contributed by atoms with Crippen LogP contribution in [0.2, 0.25) is 0 Å². The molecule has 0 amide bonds. The monoisotopic (exact) mass is 248 g/mol. The van der Waals surface area contributed by atoms with Crippen LogP contribution in [0, 0.1) is 6.92 Å². The van der Waals surface area contributed by atoms with Crippen molar-refractivity contribution in [1.82, 2.24) is 25.0 Å². The second-order valence-corrected chi connectivity index (χ2v) is 3.82. The maximum atomic E-state index is 5.09. The summed E-state index contributed by atoms with van der Waals surface area (Å²) in [5.41, 5.74) is 0.876. The molecule has 0 radical (unpaired) electrons. The van der Waals surface area contributed by atoms with Crippen LogP contribution in [0.5, 0.6) is 5.88 Å². The number of ether oxygens (including phenoxy) is 1. The fourth-order valence-corrected chi connectivity index (χ4v) is 1.52. The van der Waals surface area contributed by atoms with Gasteiger partial charge in [-0.2, -0.15) is 4.98 Å². The van der Waals surface area contributed by atoms with Gasteiger partial charge in [0.05, 0.1) is 13.3 Å². The number of hydrogen-bond donors (Lipinski definition) is 1. The van der Waals surface area contributed by atoms with E-state index >= 15 is 0 Å². The van der Waals surface area contributed by atoms with E-state index < -0.39 is 0 Å². The van der Waals surface area contributed by atoms with Crippen LogP contribution < -0.4 is 10.1 Å². The molecule has 96 valence electrons. The highest BCUT2D eigenvalue weighted by molar-refractivity contribution is 5.30. The van der Waals surface area contributed by atoms with E-state index in [0.29, 0.717) is 11.8 Å². The lowest BCUT2D eigenvalue weighted by molar-refractivity contribution is 0.397. The Kier molecular flexibility index (Phi) is 4.06. The van der Waals surface area contributed by atoms with Gasteiger partial charge in [0, 0.05) is 31.0 Å². The van der Waals surface area contributed by atoms with Crippen LogP contribution in [0.15, 0.2) is 18.5 Å². The molecule has 7 heteroatoms. The molecule has 18 heavy (non-hydrogen) atoms. The number of nitrogens with zero attached hydrogens (tertiary/aromatic N) is 5. The van der Waals surface area contributed by atoms with E-state index in [1.54, 1.807) is 24.1 Å².